The number of benzene rings is 1. The maximum atomic E-state index is 11.7. The van der Waals surface area contributed by atoms with Crippen LogP contribution in [0.5, 0.6) is 0 Å². The molecule has 0 fully saturated rings. The van der Waals surface area contributed by atoms with Gasteiger partial charge in [0.2, 0.25) is 0 Å². The number of hydrogen-bond donors (Lipinski definition) is 4. The second kappa shape index (κ2) is 7.63. The number of aliphatic hydroxyl groups is 1. The molecule has 5 heteroatoms. The lowest BCUT2D eigenvalue weighted by Gasteiger charge is -2.17. The minimum absolute atomic E-state index is 0.117. The van der Waals surface area contributed by atoms with Crippen molar-refractivity contribution in [1.82, 2.24) is 5.32 Å². The first-order valence-electron chi connectivity index (χ1n) is 6.63. The molecule has 0 heterocycles. The first kappa shape index (κ1) is 15.3. The summed E-state index contributed by atoms with van der Waals surface area (Å²) in [7, 11) is 0. The van der Waals surface area contributed by atoms with E-state index < -0.39 is 0 Å². The van der Waals surface area contributed by atoms with Crippen molar-refractivity contribution in [3.05, 3.63) is 23.8 Å². The van der Waals surface area contributed by atoms with E-state index in [-0.39, 0.29) is 18.6 Å². The number of hydrogen-bond acceptors (Lipinski definition) is 4. The number of anilines is 2. The van der Waals surface area contributed by atoms with Gasteiger partial charge >= 0.3 is 0 Å². The van der Waals surface area contributed by atoms with Gasteiger partial charge < -0.3 is 21.5 Å². The van der Waals surface area contributed by atoms with Gasteiger partial charge in [-0.3, -0.25) is 4.79 Å². The molecule has 1 aromatic carbocycles. The van der Waals surface area contributed by atoms with Gasteiger partial charge in [0.05, 0.1) is 11.4 Å². The zero-order valence-corrected chi connectivity index (χ0v) is 11.6. The molecular formula is C14H23N3O2. The summed E-state index contributed by atoms with van der Waals surface area (Å²) < 4.78 is 0. The van der Waals surface area contributed by atoms with Crippen LogP contribution in [-0.4, -0.2) is 30.2 Å². The fraction of sp³-hybridized carbons (Fsp3) is 0.500. The van der Waals surface area contributed by atoms with Crippen LogP contribution in [0.25, 0.3) is 0 Å². The topological polar surface area (TPSA) is 87.4 Å². The Balaban J connectivity index is 2.69. The van der Waals surface area contributed by atoms with E-state index in [1.165, 1.54) is 0 Å². The number of rotatable bonds is 7. The Morgan fingerprint density at radius 1 is 1.47 bits per heavy atom. The molecule has 1 atom stereocenters. The Labute approximate surface area is 114 Å². The summed E-state index contributed by atoms with van der Waals surface area (Å²) in [5.41, 5.74) is 7.88. The standard InChI is InChI=1S/C14H23N3O2/c1-3-16-14(19)11-6-7-13(12(15)9-11)17-10(2)5-4-8-18/h6-7,9-10,17-18H,3-5,8,15H2,1-2H3,(H,16,19). The van der Waals surface area contributed by atoms with Crippen LogP contribution >= 0.6 is 0 Å². The average Bonchev–Trinajstić information content (AvgIpc) is 2.39. The van der Waals surface area contributed by atoms with E-state index in [0.717, 1.165) is 18.5 Å². The third kappa shape index (κ3) is 4.79. The minimum Gasteiger partial charge on any atom is -0.397 e. The largest absolute Gasteiger partial charge is 0.397 e. The summed E-state index contributed by atoms with van der Waals surface area (Å²) in [6.07, 6.45) is 1.62. The number of carbonyl (C=O) groups is 1. The summed E-state index contributed by atoms with van der Waals surface area (Å²) in [5, 5.41) is 14.8. The molecule has 0 saturated carbocycles. The van der Waals surface area contributed by atoms with E-state index in [1.54, 1.807) is 12.1 Å². The predicted octanol–water partition coefficient (Wildman–Crippen LogP) is 1.59. The molecule has 0 aliphatic heterocycles. The number of carbonyl (C=O) groups excluding carboxylic acids is 1. The molecule has 0 radical (unpaired) electrons. The number of amides is 1. The monoisotopic (exact) mass is 265 g/mol. The highest BCUT2D eigenvalue weighted by Crippen LogP contribution is 2.21. The Bertz CT molecular complexity index is 421. The van der Waals surface area contributed by atoms with Gasteiger partial charge in [0.15, 0.2) is 0 Å². The van der Waals surface area contributed by atoms with Crippen LogP contribution in [0.1, 0.15) is 37.0 Å². The highest BCUT2D eigenvalue weighted by Gasteiger charge is 2.09. The normalized spacial score (nSPS) is 11.9. The molecule has 0 spiro atoms. The summed E-state index contributed by atoms with van der Waals surface area (Å²) >= 11 is 0. The van der Waals surface area contributed by atoms with Crippen molar-refractivity contribution in [1.29, 1.82) is 0 Å². The van der Waals surface area contributed by atoms with Crippen molar-refractivity contribution >= 4 is 17.3 Å². The van der Waals surface area contributed by atoms with Crippen LogP contribution in [0.4, 0.5) is 11.4 Å². The molecular weight excluding hydrogens is 242 g/mol. The molecule has 0 saturated heterocycles. The van der Waals surface area contributed by atoms with E-state index in [2.05, 4.69) is 10.6 Å². The minimum atomic E-state index is -0.117. The smallest absolute Gasteiger partial charge is 0.251 e. The predicted molar refractivity (Wildman–Crippen MR) is 78.3 cm³/mol. The Kier molecular flexibility index (Phi) is 6.15. The number of nitrogen functional groups attached to an aromatic ring is 1. The van der Waals surface area contributed by atoms with Crippen molar-refractivity contribution in [2.75, 3.05) is 24.2 Å². The fourth-order valence-electron chi connectivity index (χ4n) is 1.83. The van der Waals surface area contributed by atoms with Crippen molar-refractivity contribution in [3.8, 4) is 0 Å². The maximum absolute atomic E-state index is 11.7. The Morgan fingerprint density at radius 2 is 2.21 bits per heavy atom. The van der Waals surface area contributed by atoms with Crippen molar-refractivity contribution in [3.63, 3.8) is 0 Å². The summed E-state index contributed by atoms with van der Waals surface area (Å²) in [6, 6.07) is 5.47. The molecule has 5 nitrogen and oxygen atoms in total. The van der Waals surface area contributed by atoms with E-state index in [1.807, 2.05) is 19.9 Å². The summed E-state index contributed by atoms with van der Waals surface area (Å²) in [5.74, 6) is -0.117. The van der Waals surface area contributed by atoms with Crippen molar-refractivity contribution in [2.24, 2.45) is 0 Å². The molecule has 19 heavy (non-hydrogen) atoms. The van der Waals surface area contributed by atoms with Gasteiger partial charge in [0, 0.05) is 24.8 Å². The van der Waals surface area contributed by atoms with Crippen LogP contribution in [-0.2, 0) is 0 Å². The lowest BCUT2D eigenvalue weighted by Crippen LogP contribution is -2.23. The van der Waals surface area contributed by atoms with Crippen LogP contribution in [0.15, 0.2) is 18.2 Å². The van der Waals surface area contributed by atoms with Gasteiger partial charge in [0.25, 0.3) is 5.91 Å². The van der Waals surface area contributed by atoms with Gasteiger partial charge in [-0.2, -0.15) is 0 Å². The van der Waals surface area contributed by atoms with Crippen LogP contribution < -0.4 is 16.4 Å². The quantitative estimate of drug-likeness (QED) is 0.564. The lowest BCUT2D eigenvalue weighted by atomic mass is 10.1. The van der Waals surface area contributed by atoms with Crippen LogP contribution in [0, 0.1) is 0 Å². The van der Waals surface area contributed by atoms with Crippen molar-refractivity contribution in [2.45, 2.75) is 32.7 Å². The molecule has 1 rings (SSSR count). The third-order valence-corrected chi connectivity index (χ3v) is 2.85. The maximum Gasteiger partial charge on any atom is 0.251 e. The molecule has 106 valence electrons. The molecule has 1 unspecified atom stereocenters. The van der Waals surface area contributed by atoms with Crippen molar-refractivity contribution < 1.29 is 9.90 Å². The van der Waals surface area contributed by atoms with E-state index in [9.17, 15) is 4.79 Å². The summed E-state index contributed by atoms with van der Waals surface area (Å²) in [4.78, 5) is 11.7. The van der Waals surface area contributed by atoms with Crippen LogP contribution in [0.3, 0.4) is 0 Å². The SMILES string of the molecule is CCNC(=O)c1ccc(NC(C)CCCO)c(N)c1. The van der Waals surface area contributed by atoms with E-state index in [4.69, 9.17) is 10.8 Å². The number of nitrogens with one attached hydrogen (secondary N) is 2. The van der Waals surface area contributed by atoms with Gasteiger partial charge in [-0.1, -0.05) is 0 Å². The second-order valence-electron chi connectivity index (χ2n) is 4.57. The molecule has 0 aliphatic carbocycles. The van der Waals surface area contributed by atoms with Crippen LogP contribution in [0.2, 0.25) is 0 Å². The Hall–Kier alpha value is -1.75. The molecule has 0 aromatic heterocycles. The summed E-state index contributed by atoms with van der Waals surface area (Å²) in [6.45, 7) is 4.70. The lowest BCUT2D eigenvalue weighted by molar-refractivity contribution is 0.0956. The average molecular weight is 265 g/mol. The van der Waals surface area contributed by atoms with E-state index in [0.29, 0.717) is 17.8 Å². The molecule has 1 amide bonds. The van der Waals surface area contributed by atoms with E-state index >= 15 is 0 Å². The third-order valence-electron chi connectivity index (χ3n) is 2.85. The highest BCUT2D eigenvalue weighted by atomic mass is 16.2. The Morgan fingerprint density at radius 3 is 2.79 bits per heavy atom. The van der Waals surface area contributed by atoms with Gasteiger partial charge in [-0.15, -0.1) is 0 Å². The van der Waals surface area contributed by atoms with Gasteiger partial charge in [-0.05, 0) is 44.9 Å². The zero-order chi connectivity index (χ0) is 14.3. The molecule has 1 aromatic rings. The first-order valence-corrected chi connectivity index (χ1v) is 6.63. The van der Waals surface area contributed by atoms with Gasteiger partial charge in [-0.25, -0.2) is 0 Å². The second-order valence-corrected chi connectivity index (χ2v) is 4.57. The number of aliphatic hydroxyl groups excluding tert-OH is 1. The number of nitrogens with two attached hydrogens (primary N) is 1. The molecule has 5 N–H and O–H groups in total. The highest BCUT2D eigenvalue weighted by molar-refractivity contribution is 5.96. The molecule has 0 aliphatic rings. The van der Waals surface area contributed by atoms with Gasteiger partial charge in [0.1, 0.15) is 0 Å². The molecule has 0 bridgehead atoms. The zero-order valence-electron chi connectivity index (χ0n) is 11.6. The fourth-order valence-corrected chi connectivity index (χ4v) is 1.83. The first-order chi connectivity index (χ1) is 9.08.